The summed E-state index contributed by atoms with van der Waals surface area (Å²) in [6, 6.07) is 12.7. The molecule has 1 aliphatic rings. The zero-order valence-corrected chi connectivity index (χ0v) is 14.7. The average molecular weight is 379 g/mol. The van der Waals surface area contributed by atoms with Gasteiger partial charge in [0.1, 0.15) is 6.10 Å². The SMILES string of the molecule is O=C(OC1CN(c2nc3ccccc3s2)C1)c1cc(Cl)cc(Cl)c1. The molecule has 1 fully saturated rings. The van der Waals surface area contributed by atoms with Crippen LogP contribution >= 0.6 is 34.5 Å². The standard InChI is InChI=1S/C17H12Cl2N2O2S/c18-11-5-10(6-12(19)7-11)16(22)23-13-8-21(9-13)17-20-14-3-1-2-4-15(14)24-17/h1-7,13H,8-9H2. The number of esters is 1. The molecule has 2 aromatic carbocycles. The molecule has 2 heterocycles. The fourth-order valence-electron chi connectivity index (χ4n) is 2.56. The lowest BCUT2D eigenvalue weighted by Gasteiger charge is -2.38. The highest BCUT2D eigenvalue weighted by molar-refractivity contribution is 7.22. The van der Waals surface area contributed by atoms with Gasteiger partial charge < -0.3 is 9.64 Å². The van der Waals surface area contributed by atoms with E-state index in [2.05, 4.69) is 16.0 Å². The summed E-state index contributed by atoms with van der Waals surface area (Å²) in [7, 11) is 0. The molecular weight excluding hydrogens is 367 g/mol. The number of aromatic nitrogens is 1. The van der Waals surface area contributed by atoms with Crippen molar-refractivity contribution in [2.24, 2.45) is 0 Å². The number of halogens is 2. The predicted molar refractivity (Wildman–Crippen MR) is 97.5 cm³/mol. The Morgan fingerprint density at radius 2 is 1.88 bits per heavy atom. The zero-order chi connectivity index (χ0) is 16.7. The number of benzene rings is 2. The molecule has 1 saturated heterocycles. The van der Waals surface area contributed by atoms with Crippen molar-refractivity contribution in [1.29, 1.82) is 0 Å². The number of rotatable bonds is 3. The first-order valence-electron chi connectivity index (χ1n) is 7.36. The Balaban J connectivity index is 1.39. The summed E-state index contributed by atoms with van der Waals surface area (Å²) in [4.78, 5) is 18.9. The summed E-state index contributed by atoms with van der Waals surface area (Å²) < 4.78 is 6.64. The summed E-state index contributed by atoms with van der Waals surface area (Å²) in [6.45, 7) is 1.28. The molecule has 122 valence electrons. The third-order valence-corrected chi connectivity index (χ3v) is 5.31. The fraction of sp³-hybridized carbons (Fsp3) is 0.176. The molecule has 0 saturated carbocycles. The van der Waals surface area contributed by atoms with Crippen LogP contribution in [0, 0.1) is 0 Å². The molecule has 0 radical (unpaired) electrons. The molecule has 0 atom stereocenters. The van der Waals surface area contributed by atoms with Crippen molar-refractivity contribution >= 4 is 55.9 Å². The number of fused-ring (bicyclic) bond motifs is 1. The summed E-state index contributed by atoms with van der Waals surface area (Å²) >= 11 is 13.5. The second-order valence-electron chi connectivity index (χ2n) is 5.55. The van der Waals surface area contributed by atoms with Crippen molar-refractivity contribution in [3.8, 4) is 0 Å². The Morgan fingerprint density at radius 1 is 1.17 bits per heavy atom. The molecule has 3 aromatic rings. The molecule has 0 spiro atoms. The van der Waals surface area contributed by atoms with Gasteiger partial charge in [0.05, 0.1) is 28.9 Å². The van der Waals surface area contributed by atoms with Gasteiger partial charge in [-0.1, -0.05) is 46.7 Å². The van der Waals surface area contributed by atoms with Crippen molar-refractivity contribution in [1.82, 2.24) is 4.98 Å². The van der Waals surface area contributed by atoms with Gasteiger partial charge in [-0.25, -0.2) is 9.78 Å². The van der Waals surface area contributed by atoms with Crippen LogP contribution < -0.4 is 4.90 Å². The second kappa shape index (κ2) is 6.24. The quantitative estimate of drug-likeness (QED) is 0.622. The number of carbonyl (C=O) groups is 1. The van der Waals surface area contributed by atoms with Crippen molar-refractivity contribution in [3.63, 3.8) is 0 Å². The van der Waals surface area contributed by atoms with Crippen LogP contribution in [-0.2, 0) is 4.74 Å². The van der Waals surface area contributed by atoms with Gasteiger partial charge in [-0.05, 0) is 30.3 Å². The Hall–Kier alpha value is -1.82. The van der Waals surface area contributed by atoms with E-state index in [4.69, 9.17) is 27.9 Å². The molecule has 0 bridgehead atoms. The van der Waals surface area contributed by atoms with Crippen LogP contribution in [0.5, 0.6) is 0 Å². The minimum Gasteiger partial charge on any atom is -0.455 e. The lowest BCUT2D eigenvalue weighted by Crippen LogP contribution is -2.53. The molecule has 4 nitrogen and oxygen atoms in total. The van der Waals surface area contributed by atoms with E-state index in [1.807, 2.05) is 18.2 Å². The number of ether oxygens (including phenoxy) is 1. The van der Waals surface area contributed by atoms with Gasteiger partial charge in [0.25, 0.3) is 0 Å². The highest BCUT2D eigenvalue weighted by Crippen LogP contribution is 2.32. The molecule has 0 amide bonds. The largest absolute Gasteiger partial charge is 0.455 e. The lowest BCUT2D eigenvalue weighted by molar-refractivity contribution is 0.0234. The highest BCUT2D eigenvalue weighted by atomic mass is 35.5. The Kier molecular flexibility index (Phi) is 4.08. The summed E-state index contributed by atoms with van der Waals surface area (Å²) in [5.74, 6) is -0.409. The van der Waals surface area contributed by atoms with E-state index in [1.165, 1.54) is 0 Å². The molecule has 24 heavy (non-hydrogen) atoms. The molecule has 0 unspecified atom stereocenters. The average Bonchev–Trinajstić information content (AvgIpc) is 2.92. The minimum absolute atomic E-state index is 0.151. The van der Waals surface area contributed by atoms with Gasteiger partial charge in [0.2, 0.25) is 0 Å². The maximum absolute atomic E-state index is 12.2. The van der Waals surface area contributed by atoms with E-state index in [0.29, 0.717) is 28.7 Å². The maximum Gasteiger partial charge on any atom is 0.338 e. The van der Waals surface area contributed by atoms with Gasteiger partial charge in [0.15, 0.2) is 5.13 Å². The van der Waals surface area contributed by atoms with Gasteiger partial charge >= 0.3 is 5.97 Å². The number of hydrogen-bond donors (Lipinski definition) is 0. The van der Waals surface area contributed by atoms with E-state index < -0.39 is 5.97 Å². The van der Waals surface area contributed by atoms with Crippen LogP contribution in [0.4, 0.5) is 5.13 Å². The van der Waals surface area contributed by atoms with Crippen molar-refractivity contribution in [2.75, 3.05) is 18.0 Å². The Labute approximate surface area is 152 Å². The minimum atomic E-state index is -0.409. The molecule has 7 heteroatoms. The second-order valence-corrected chi connectivity index (χ2v) is 7.44. The molecule has 1 aliphatic heterocycles. The van der Waals surface area contributed by atoms with E-state index in [0.717, 1.165) is 15.3 Å². The zero-order valence-electron chi connectivity index (χ0n) is 12.4. The van der Waals surface area contributed by atoms with E-state index >= 15 is 0 Å². The fourth-order valence-corrected chi connectivity index (χ4v) is 4.07. The number of anilines is 1. The maximum atomic E-state index is 12.2. The highest BCUT2D eigenvalue weighted by Gasteiger charge is 2.32. The molecule has 1 aromatic heterocycles. The van der Waals surface area contributed by atoms with Gasteiger partial charge in [0, 0.05) is 10.0 Å². The van der Waals surface area contributed by atoms with Gasteiger partial charge in [-0.3, -0.25) is 0 Å². The first-order valence-corrected chi connectivity index (χ1v) is 8.93. The van der Waals surface area contributed by atoms with Crippen LogP contribution in [0.2, 0.25) is 10.0 Å². The summed E-state index contributed by atoms with van der Waals surface area (Å²) in [6.07, 6.45) is -0.151. The van der Waals surface area contributed by atoms with Crippen LogP contribution in [-0.4, -0.2) is 30.1 Å². The van der Waals surface area contributed by atoms with Crippen molar-refractivity contribution in [3.05, 3.63) is 58.1 Å². The Morgan fingerprint density at radius 3 is 2.58 bits per heavy atom. The number of para-hydroxylation sites is 1. The summed E-state index contributed by atoms with van der Waals surface area (Å²) in [5, 5.41) is 1.78. The third-order valence-electron chi connectivity index (χ3n) is 3.77. The number of carbonyl (C=O) groups excluding carboxylic acids is 1. The first kappa shape index (κ1) is 15.7. The number of nitrogens with zero attached hydrogens (tertiary/aromatic N) is 2. The van der Waals surface area contributed by atoms with Crippen LogP contribution in [0.15, 0.2) is 42.5 Å². The Bertz CT molecular complexity index is 869. The monoisotopic (exact) mass is 378 g/mol. The van der Waals surface area contributed by atoms with Crippen molar-refractivity contribution < 1.29 is 9.53 Å². The van der Waals surface area contributed by atoms with Gasteiger partial charge in [-0.2, -0.15) is 0 Å². The van der Waals surface area contributed by atoms with Crippen LogP contribution in [0.1, 0.15) is 10.4 Å². The molecule has 0 N–H and O–H groups in total. The smallest absolute Gasteiger partial charge is 0.338 e. The molecule has 4 rings (SSSR count). The lowest BCUT2D eigenvalue weighted by atomic mass is 10.2. The van der Waals surface area contributed by atoms with Crippen LogP contribution in [0.3, 0.4) is 0 Å². The van der Waals surface area contributed by atoms with E-state index in [-0.39, 0.29) is 6.10 Å². The number of hydrogen-bond acceptors (Lipinski definition) is 5. The van der Waals surface area contributed by atoms with E-state index in [1.54, 1.807) is 29.5 Å². The van der Waals surface area contributed by atoms with Crippen LogP contribution in [0.25, 0.3) is 10.2 Å². The summed E-state index contributed by atoms with van der Waals surface area (Å²) in [5.41, 5.74) is 1.36. The van der Waals surface area contributed by atoms with Crippen molar-refractivity contribution in [2.45, 2.75) is 6.10 Å². The molecular formula is C17H12Cl2N2O2S. The third kappa shape index (κ3) is 3.07. The predicted octanol–water partition coefficient (Wildman–Crippen LogP) is 4.65. The normalized spacial score (nSPS) is 14.7. The first-order chi connectivity index (χ1) is 11.6. The topological polar surface area (TPSA) is 42.4 Å². The molecule has 0 aliphatic carbocycles. The van der Waals surface area contributed by atoms with E-state index in [9.17, 15) is 4.79 Å². The van der Waals surface area contributed by atoms with Gasteiger partial charge in [-0.15, -0.1) is 0 Å². The number of thiazole rings is 1.